The van der Waals surface area contributed by atoms with Crippen LogP contribution in [0.5, 0.6) is 0 Å². The van der Waals surface area contributed by atoms with Gasteiger partial charge in [0.05, 0.1) is 0 Å². The highest BCUT2D eigenvalue weighted by Crippen LogP contribution is 1.90. The average Bonchev–Trinajstić information content (AvgIpc) is 2.10. The number of carbonyl (C=O) groups is 3. The summed E-state index contributed by atoms with van der Waals surface area (Å²) in [7, 11) is 0. The van der Waals surface area contributed by atoms with Gasteiger partial charge in [-0.3, -0.25) is 4.79 Å². The second-order valence-electron chi connectivity index (χ2n) is 2.48. The van der Waals surface area contributed by atoms with Gasteiger partial charge in [-0.25, -0.2) is 9.59 Å². The molecule has 0 radical (unpaired) electrons. The third-order valence-electron chi connectivity index (χ3n) is 1.40. The summed E-state index contributed by atoms with van der Waals surface area (Å²) in [5, 5.41) is 18.9. The predicted molar refractivity (Wildman–Crippen MR) is 46.6 cm³/mol. The first-order valence-corrected chi connectivity index (χ1v) is 3.91. The van der Waals surface area contributed by atoms with Crippen molar-refractivity contribution in [2.24, 2.45) is 0 Å². The Hall–Kier alpha value is -1.85. The molecule has 0 bridgehead atoms. The van der Waals surface area contributed by atoms with Crippen molar-refractivity contribution in [3.8, 4) is 0 Å². The van der Waals surface area contributed by atoms with Crippen molar-refractivity contribution < 1.29 is 24.6 Å². The number of carboxylic acids is 2. The van der Waals surface area contributed by atoms with E-state index < -0.39 is 23.9 Å². The lowest BCUT2D eigenvalue weighted by atomic mass is 10.2. The van der Waals surface area contributed by atoms with Crippen molar-refractivity contribution in [2.75, 3.05) is 0 Å². The number of amides is 1. The zero-order valence-electron chi connectivity index (χ0n) is 7.56. The molecule has 14 heavy (non-hydrogen) atoms. The van der Waals surface area contributed by atoms with Crippen LogP contribution < -0.4 is 5.32 Å². The van der Waals surface area contributed by atoms with E-state index in [2.05, 4.69) is 5.32 Å². The molecule has 0 aromatic rings. The lowest BCUT2D eigenvalue weighted by Gasteiger charge is -2.09. The van der Waals surface area contributed by atoms with E-state index in [9.17, 15) is 14.4 Å². The van der Waals surface area contributed by atoms with Gasteiger partial charge in [-0.05, 0) is 6.42 Å². The largest absolute Gasteiger partial charge is 0.480 e. The SMILES string of the molecule is CCC(NC(=O)C=CC(=O)O)C(=O)O. The van der Waals surface area contributed by atoms with Gasteiger partial charge in [0, 0.05) is 12.2 Å². The highest BCUT2D eigenvalue weighted by atomic mass is 16.4. The minimum absolute atomic E-state index is 0.238. The first kappa shape index (κ1) is 12.2. The molecule has 0 spiro atoms. The second-order valence-corrected chi connectivity index (χ2v) is 2.48. The zero-order valence-corrected chi connectivity index (χ0v) is 7.56. The van der Waals surface area contributed by atoms with E-state index in [1.807, 2.05) is 0 Å². The van der Waals surface area contributed by atoms with Gasteiger partial charge >= 0.3 is 11.9 Å². The summed E-state index contributed by atoms with van der Waals surface area (Å²) in [4.78, 5) is 31.4. The van der Waals surface area contributed by atoms with E-state index in [1.54, 1.807) is 6.92 Å². The Labute approximate surface area is 80.2 Å². The van der Waals surface area contributed by atoms with E-state index >= 15 is 0 Å². The molecule has 0 aromatic heterocycles. The van der Waals surface area contributed by atoms with Crippen LogP contribution in [0.2, 0.25) is 0 Å². The quantitative estimate of drug-likeness (QED) is 0.525. The standard InChI is InChI=1S/C8H11NO5/c1-2-5(8(13)14)9-6(10)3-4-7(11)12/h3-5H,2H2,1H3,(H,9,10)(H,11,12)(H,13,14). The van der Waals surface area contributed by atoms with Gasteiger partial charge in [-0.1, -0.05) is 6.92 Å². The summed E-state index contributed by atoms with van der Waals surface area (Å²) < 4.78 is 0. The summed E-state index contributed by atoms with van der Waals surface area (Å²) in [5.41, 5.74) is 0. The highest BCUT2D eigenvalue weighted by Gasteiger charge is 2.15. The van der Waals surface area contributed by atoms with E-state index in [1.165, 1.54) is 0 Å². The van der Waals surface area contributed by atoms with Gasteiger partial charge in [0.25, 0.3) is 0 Å². The molecule has 0 aliphatic heterocycles. The molecule has 6 nitrogen and oxygen atoms in total. The lowest BCUT2D eigenvalue weighted by Crippen LogP contribution is -2.39. The normalized spacial score (nSPS) is 12.4. The van der Waals surface area contributed by atoms with Crippen molar-refractivity contribution in [2.45, 2.75) is 19.4 Å². The third-order valence-corrected chi connectivity index (χ3v) is 1.40. The maximum absolute atomic E-state index is 10.9. The van der Waals surface area contributed by atoms with Crippen LogP contribution in [0.3, 0.4) is 0 Å². The molecular formula is C8H11NO5. The first-order valence-electron chi connectivity index (χ1n) is 3.91. The fourth-order valence-corrected chi connectivity index (χ4v) is 0.705. The van der Waals surface area contributed by atoms with Gasteiger partial charge in [0.15, 0.2) is 0 Å². The van der Waals surface area contributed by atoms with Crippen molar-refractivity contribution in [1.29, 1.82) is 0 Å². The lowest BCUT2D eigenvalue weighted by molar-refractivity contribution is -0.141. The number of hydrogen-bond donors (Lipinski definition) is 3. The van der Waals surface area contributed by atoms with E-state index in [0.29, 0.717) is 6.08 Å². The van der Waals surface area contributed by atoms with Crippen LogP contribution in [0, 0.1) is 0 Å². The van der Waals surface area contributed by atoms with Crippen molar-refractivity contribution >= 4 is 17.8 Å². The number of carboxylic acid groups (broad SMARTS) is 2. The number of nitrogens with one attached hydrogen (secondary N) is 1. The summed E-state index contributed by atoms with van der Waals surface area (Å²) in [6, 6.07) is -0.985. The minimum atomic E-state index is -1.26. The molecule has 1 amide bonds. The second kappa shape index (κ2) is 5.74. The maximum atomic E-state index is 10.9. The maximum Gasteiger partial charge on any atom is 0.328 e. The number of carbonyl (C=O) groups excluding carboxylic acids is 1. The highest BCUT2D eigenvalue weighted by molar-refractivity contribution is 5.95. The van der Waals surface area contributed by atoms with Gasteiger partial charge in [-0.15, -0.1) is 0 Å². The smallest absolute Gasteiger partial charge is 0.328 e. The Morgan fingerprint density at radius 3 is 2.21 bits per heavy atom. The Morgan fingerprint density at radius 2 is 1.86 bits per heavy atom. The molecule has 6 heteroatoms. The molecule has 0 saturated heterocycles. The third kappa shape index (κ3) is 4.91. The summed E-state index contributed by atoms with van der Waals surface area (Å²) in [6.07, 6.45) is 1.65. The van der Waals surface area contributed by atoms with Crippen LogP contribution in [0.4, 0.5) is 0 Å². The number of rotatable bonds is 5. The van der Waals surface area contributed by atoms with Crippen molar-refractivity contribution in [1.82, 2.24) is 5.32 Å². The average molecular weight is 201 g/mol. The molecule has 1 unspecified atom stereocenters. The molecule has 0 rings (SSSR count). The predicted octanol–water partition coefficient (Wildman–Crippen LogP) is -0.393. The van der Waals surface area contributed by atoms with E-state index in [0.717, 1.165) is 6.08 Å². The van der Waals surface area contributed by atoms with Crippen LogP contribution >= 0.6 is 0 Å². The van der Waals surface area contributed by atoms with Gasteiger partial charge in [-0.2, -0.15) is 0 Å². The van der Waals surface area contributed by atoms with E-state index in [-0.39, 0.29) is 6.42 Å². The number of hydrogen-bond acceptors (Lipinski definition) is 3. The van der Waals surface area contributed by atoms with Gasteiger partial charge < -0.3 is 15.5 Å². The molecular weight excluding hydrogens is 190 g/mol. The van der Waals surface area contributed by atoms with Gasteiger partial charge in [0.1, 0.15) is 6.04 Å². The van der Waals surface area contributed by atoms with Crippen molar-refractivity contribution in [3.05, 3.63) is 12.2 Å². The Morgan fingerprint density at radius 1 is 1.29 bits per heavy atom. The van der Waals surface area contributed by atoms with Crippen LogP contribution in [0.25, 0.3) is 0 Å². The molecule has 0 saturated carbocycles. The Balaban J connectivity index is 4.17. The molecule has 1 atom stereocenters. The molecule has 0 heterocycles. The van der Waals surface area contributed by atoms with Crippen molar-refractivity contribution in [3.63, 3.8) is 0 Å². The molecule has 78 valence electrons. The van der Waals surface area contributed by atoms with Crippen LogP contribution in [0.15, 0.2) is 12.2 Å². The van der Waals surface area contributed by atoms with Gasteiger partial charge in [0.2, 0.25) is 5.91 Å². The molecule has 0 aromatic carbocycles. The summed E-state index contributed by atoms with van der Waals surface area (Å²) in [6.45, 7) is 1.60. The molecule has 0 aliphatic carbocycles. The Kier molecular flexibility index (Phi) is 4.98. The minimum Gasteiger partial charge on any atom is -0.480 e. The fourth-order valence-electron chi connectivity index (χ4n) is 0.705. The molecule has 0 fully saturated rings. The summed E-state index contributed by atoms with van der Waals surface area (Å²) >= 11 is 0. The monoisotopic (exact) mass is 201 g/mol. The van der Waals surface area contributed by atoms with Crippen LogP contribution in [-0.4, -0.2) is 34.1 Å². The fraction of sp³-hybridized carbons (Fsp3) is 0.375. The zero-order chi connectivity index (χ0) is 11.1. The topological polar surface area (TPSA) is 104 Å². The molecule has 0 aliphatic rings. The van der Waals surface area contributed by atoms with Crippen LogP contribution in [-0.2, 0) is 14.4 Å². The number of aliphatic carboxylic acids is 2. The molecule has 3 N–H and O–H groups in total. The van der Waals surface area contributed by atoms with E-state index in [4.69, 9.17) is 10.2 Å². The Bertz CT molecular complexity index is 271. The van der Waals surface area contributed by atoms with Crippen LogP contribution in [0.1, 0.15) is 13.3 Å². The first-order chi connectivity index (χ1) is 6.47. The summed E-state index contributed by atoms with van der Waals surface area (Å²) in [5.74, 6) is -3.14.